The van der Waals surface area contributed by atoms with Crippen LogP contribution in [0.5, 0.6) is 11.5 Å². The van der Waals surface area contributed by atoms with Crippen LogP contribution in [-0.2, 0) is 4.79 Å². The number of rotatable bonds is 12. The Morgan fingerprint density at radius 3 is 2.54 bits per heavy atom. The second kappa shape index (κ2) is 12.2. The number of pyridine rings is 1. The second-order valence-corrected chi connectivity index (χ2v) is 7.33. The molecule has 0 N–H and O–H groups in total. The van der Waals surface area contributed by atoms with E-state index in [0.29, 0.717) is 30.4 Å². The summed E-state index contributed by atoms with van der Waals surface area (Å²) in [6.07, 6.45) is 10.5. The molecule has 0 aliphatic rings. The average molecular weight is 384 g/mol. The quantitative estimate of drug-likeness (QED) is 0.240. The van der Waals surface area contributed by atoms with Gasteiger partial charge in [0.1, 0.15) is 11.5 Å². The average Bonchev–Trinajstić information content (AvgIpc) is 2.72. The highest BCUT2D eigenvalue weighted by atomic mass is 16.5. The number of ether oxygens (including phenoxy) is 2. The molecule has 0 aliphatic heterocycles. The summed E-state index contributed by atoms with van der Waals surface area (Å²) in [4.78, 5) is 16.5. The molecule has 0 fully saturated rings. The van der Waals surface area contributed by atoms with E-state index in [0.717, 1.165) is 30.4 Å². The van der Waals surface area contributed by atoms with E-state index in [1.807, 2.05) is 30.3 Å². The highest BCUT2D eigenvalue weighted by Crippen LogP contribution is 2.36. The number of unbranched alkanes of at least 4 members (excludes halogenated alkanes) is 4. The largest absolute Gasteiger partial charge is 0.491 e. The zero-order valence-corrected chi connectivity index (χ0v) is 17.4. The van der Waals surface area contributed by atoms with E-state index in [-0.39, 0.29) is 5.97 Å². The molecular formula is C24H33NO3. The van der Waals surface area contributed by atoms with E-state index in [9.17, 15) is 4.79 Å². The van der Waals surface area contributed by atoms with Crippen molar-refractivity contribution < 1.29 is 14.3 Å². The van der Waals surface area contributed by atoms with Gasteiger partial charge in [-0.2, -0.15) is 0 Å². The Labute approximate surface area is 169 Å². The van der Waals surface area contributed by atoms with E-state index in [1.165, 1.54) is 19.3 Å². The molecule has 0 aliphatic carbocycles. The van der Waals surface area contributed by atoms with Crippen LogP contribution in [0.1, 0.15) is 65.7 Å². The molecule has 0 amide bonds. The maximum absolute atomic E-state index is 12.3. The predicted octanol–water partition coefficient (Wildman–Crippen LogP) is 6.44. The molecular weight excluding hydrogens is 350 g/mol. The van der Waals surface area contributed by atoms with Crippen LogP contribution < -0.4 is 9.47 Å². The minimum atomic E-state index is -0.180. The number of nitrogens with zero attached hydrogens (tertiary/aromatic N) is 1. The first-order valence-electron chi connectivity index (χ1n) is 10.5. The summed E-state index contributed by atoms with van der Waals surface area (Å²) in [6, 6.07) is 9.52. The Morgan fingerprint density at radius 1 is 1.00 bits per heavy atom. The topological polar surface area (TPSA) is 48.4 Å². The summed E-state index contributed by atoms with van der Waals surface area (Å²) in [5.74, 6) is 1.57. The standard InChI is InChI=1S/C24H33NO3/c1-4-6-7-8-9-14-24(26)28-22-13-11-10-12-20(22)21-15-16-25-17-23(21)27-18-19(3)5-2/h10-13,15-17,19H,4-9,14,18H2,1-3H3. The fourth-order valence-corrected chi connectivity index (χ4v) is 2.89. The molecule has 1 heterocycles. The Kier molecular flexibility index (Phi) is 9.53. The van der Waals surface area contributed by atoms with Gasteiger partial charge in [0, 0.05) is 23.7 Å². The molecule has 152 valence electrons. The van der Waals surface area contributed by atoms with E-state index in [2.05, 4.69) is 25.8 Å². The van der Waals surface area contributed by atoms with Gasteiger partial charge in [0.15, 0.2) is 0 Å². The highest BCUT2D eigenvalue weighted by molar-refractivity contribution is 5.80. The van der Waals surface area contributed by atoms with Crippen LogP contribution in [0.3, 0.4) is 0 Å². The van der Waals surface area contributed by atoms with Gasteiger partial charge in [-0.05, 0) is 24.5 Å². The van der Waals surface area contributed by atoms with E-state index in [1.54, 1.807) is 12.4 Å². The molecule has 1 aromatic carbocycles. The number of esters is 1. The molecule has 4 heteroatoms. The van der Waals surface area contributed by atoms with Gasteiger partial charge in [-0.1, -0.05) is 71.1 Å². The van der Waals surface area contributed by atoms with Gasteiger partial charge in [0.05, 0.1) is 12.8 Å². The van der Waals surface area contributed by atoms with Gasteiger partial charge in [-0.25, -0.2) is 0 Å². The van der Waals surface area contributed by atoms with Gasteiger partial charge in [0.2, 0.25) is 0 Å². The fourth-order valence-electron chi connectivity index (χ4n) is 2.89. The lowest BCUT2D eigenvalue weighted by molar-refractivity contribution is -0.134. The first-order valence-corrected chi connectivity index (χ1v) is 10.5. The van der Waals surface area contributed by atoms with E-state index >= 15 is 0 Å². The van der Waals surface area contributed by atoms with Crippen molar-refractivity contribution in [2.45, 2.75) is 65.7 Å². The Balaban J connectivity index is 2.08. The zero-order valence-electron chi connectivity index (χ0n) is 17.4. The van der Waals surface area contributed by atoms with Gasteiger partial charge >= 0.3 is 5.97 Å². The van der Waals surface area contributed by atoms with Crippen molar-refractivity contribution in [3.8, 4) is 22.6 Å². The molecule has 1 atom stereocenters. The van der Waals surface area contributed by atoms with Crippen molar-refractivity contribution in [1.29, 1.82) is 0 Å². The fraction of sp³-hybridized carbons (Fsp3) is 0.500. The summed E-state index contributed by atoms with van der Waals surface area (Å²) in [5.41, 5.74) is 1.74. The Hall–Kier alpha value is -2.36. The summed E-state index contributed by atoms with van der Waals surface area (Å²) in [7, 11) is 0. The number of benzene rings is 1. The molecule has 4 nitrogen and oxygen atoms in total. The van der Waals surface area contributed by atoms with Gasteiger partial charge in [0.25, 0.3) is 0 Å². The first-order chi connectivity index (χ1) is 13.7. The predicted molar refractivity (Wildman–Crippen MR) is 114 cm³/mol. The lowest BCUT2D eigenvalue weighted by atomic mass is 10.0. The van der Waals surface area contributed by atoms with Crippen molar-refractivity contribution >= 4 is 5.97 Å². The maximum Gasteiger partial charge on any atom is 0.311 e. The minimum absolute atomic E-state index is 0.180. The van der Waals surface area contributed by atoms with Crippen LogP contribution in [0, 0.1) is 5.92 Å². The Bertz CT molecular complexity index is 729. The van der Waals surface area contributed by atoms with Crippen molar-refractivity contribution in [3.63, 3.8) is 0 Å². The van der Waals surface area contributed by atoms with Gasteiger partial charge in [-0.15, -0.1) is 0 Å². The number of carbonyl (C=O) groups excluding carboxylic acids is 1. The van der Waals surface area contributed by atoms with E-state index in [4.69, 9.17) is 9.47 Å². The molecule has 2 rings (SSSR count). The number of para-hydroxylation sites is 1. The van der Waals surface area contributed by atoms with Gasteiger partial charge < -0.3 is 9.47 Å². The summed E-state index contributed by atoms with van der Waals surface area (Å²) < 4.78 is 11.7. The number of aromatic nitrogens is 1. The number of hydrogen-bond donors (Lipinski definition) is 0. The smallest absolute Gasteiger partial charge is 0.311 e. The van der Waals surface area contributed by atoms with Crippen molar-refractivity contribution in [1.82, 2.24) is 4.98 Å². The monoisotopic (exact) mass is 383 g/mol. The minimum Gasteiger partial charge on any atom is -0.491 e. The molecule has 1 aromatic heterocycles. The molecule has 0 bridgehead atoms. The normalized spacial score (nSPS) is 11.8. The lowest BCUT2D eigenvalue weighted by Crippen LogP contribution is -2.09. The SMILES string of the molecule is CCCCCCCC(=O)Oc1ccccc1-c1ccncc1OCC(C)CC. The molecule has 0 saturated carbocycles. The maximum atomic E-state index is 12.3. The van der Waals surface area contributed by atoms with Gasteiger partial charge in [-0.3, -0.25) is 9.78 Å². The summed E-state index contributed by atoms with van der Waals surface area (Å²) >= 11 is 0. The molecule has 0 saturated heterocycles. The summed E-state index contributed by atoms with van der Waals surface area (Å²) in [5, 5.41) is 0. The van der Waals surface area contributed by atoms with E-state index < -0.39 is 0 Å². The molecule has 2 aromatic rings. The lowest BCUT2D eigenvalue weighted by Gasteiger charge is -2.16. The van der Waals surface area contributed by atoms with Crippen LogP contribution >= 0.6 is 0 Å². The number of hydrogen-bond acceptors (Lipinski definition) is 4. The molecule has 28 heavy (non-hydrogen) atoms. The second-order valence-electron chi connectivity index (χ2n) is 7.33. The highest BCUT2D eigenvalue weighted by Gasteiger charge is 2.15. The third-order valence-corrected chi connectivity index (χ3v) is 4.89. The van der Waals surface area contributed by atoms with Crippen LogP contribution in [0.4, 0.5) is 0 Å². The molecule has 0 spiro atoms. The van der Waals surface area contributed by atoms with Crippen molar-refractivity contribution in [2.24, 2.45) is 5.92 Å². The summed E-state index contributed by atoms with van der Waals surface area (Å²) in [6.45, 7) is 7.13. The molecule has 1 unspecified atom stereocenters. The van der Waals surface area contributed by atoms with Crippen LogP contribution in [0.15, 0.2) is 42.7 Å². The van der Waals surface area contributed by atoms with Crippen LogP contribution in [0.25, 0.3) is 11.1 Å². The third-order valence-electron chi connectivity index (χ3n) is 4.89. The van der Waals surface area contributed by atoms with Crippen molar-refractivity contribution in [2.75, 3.05) is 6.61 Å². The third kappa shape index (κ3) is 6.99. The number of carbonyl (C=O) groups is 1. The zero-order chi connectivity index (χ0) is 20.2. The van der Waals surface area contributed by atoms with Crippen LogP contribution in [-0.4, -0.2) is 17.6 Å². The molecule has 0 radical (unpaired) electrons. The first kappa shape index (κ1) is 21.9. The Morgan fingerprint density at radius 2 is 1.75 bits per heavy atom. The van der Waals surface area contributed by atoms with Crippen molar-refractivity contribution in [3.05, 3.63) is 42.7 Å². The van der Waals surface area contributed by atoms with Crippen LogP contribution in [0.2, 0.25) is 0 Å².